The van der Waals surface area contributed by atoms with Crippen molar-refractivity contribution in [3.8, 4) is 0 Å². The quantitative estimate of drug-likeness (QED) is 0.916. The third-order valence-corrected chi connectivity index (χ3v) is 3.76. The van der Waals surface area contributed by atoms with Gasteiger partial charge in [0, 0.05) is 19.5 Å². The van der Waals surface area contributed by atoms with Gasteiger partial charge in [-0.15, -0.1) is 0 Å². The largest absolute Gasteiger partial charge is 0.386 e. The van der Waals surface area contributed by atoms with Gasteiger partial charge in [-0.1, -0.05) is 11.6 Å². The van der Waals surface area contributed by atoms with Crippen molar-refractivity contribution in [3.63, 3.8) is 0 Å². The van der Waals surface area contributed by atoms with E-state index in [1.807, 2.05) is 30.0 Å². The zero-order valence-corrected chi connectivity index (χ0v) is 12.2. The Kier molecular flexibility index (Phi) is 4.27. The summed E-state index contributed by atoms with van der Waals surface area (Å²) in [4.78, 5) is 4.07. The minimum absolute atomic E-state index is 0.444. The molecule has 0 bridgehead atoms. The van der Waals surface area contributed by atoms with Gasteiger partial charge in [0.25, 0.3) is 0 Å². The van der Waals surface area contributed by atoms with Crippen molar-refractivity contribution in [2.24, 2.45) is 0 Å². The molecule has 0 saturated carbocycles. The molecule has 0 radical (unpaired) electrons. The first-order valence-electron chi connectivity index (χ1n) is 6.48. The van der Waals surface area contributed by atoms with Gasteiger partial charge < -0.3 is 9.67 Å². The van der Waals surface area contributed by atoms with Crippen LogP contribution in [0.5, 0.6) is 0 Å². The van der Waals surface area contributed by atoms with E-state index in [2.05, 4.69) is 10.1 Å². The summed E-state index contributed by atoms with van der Waals surface area (Å²) in [5.74, 6) is 0. The van der Waals surface area contributed by atoms with E-state index in [1.54, 1.807) is 12.5 Å². The van der Waals surface area contributed by atoms with Gasteiger partial charge in [0.15, 0.2) is 0 Å². The van der Waals surface area contributed by atoms with Gasteiger partial charge in [-0.05, 0) is 20.8 Å². The zero-order chi connectivity index (χ0) is 14.0. The van der Waals surface area contributed by atoms with E-state index < -0.39 is 6.10 Å². The Labute approximate surface area is 117 Å². The van der Waals surface area contributed by atoms with Crippen LogP contribution in [0.3, 0.4) is 0 Å². The van der Waals surface area contributed by atoms with Crippen molar-refractivity contribution < 1.29 is 5.11 Å². The highest BCUT2D eigenvalue weighted by Gasteiger charge is 2.19. The summed E-state index contributed by atoms with van der Waals surface area (Å²) in [6.07, 6.45) is 3.24. The first-order valence-corrected chi connectivity index (χ1v) is 6.86. The molecule has 0 aliphatic rings. The number of hydrogen-bond acceptors (Lipinski definition) is 3. The zero-order valence-electron chi connectivity index (χ0n) is 11.5. The average Bonchev–Trinajstić information content (AvgIpc) is 2.98. The predicted molar refractivity (Wildman–Crippen MR) is 74.2 cm³/mol. The summed E-state index contributed by atoms with van der Waals surface area (Å²) in [5, 5.41) is 15.4. The Balaban J connectivity index is 2.26. The second-order valence-electron chi connectivity index (χ2n) is 4.49. The Morgan fingerprint density at radius 2 is 2.11 bits per heavy atom. The number of aryl methyl sites for hydroxylation is 3. The number of hydrogen-bond donors (Lipinski definition) is 1. The normalized spacial score (nSPS) is 12.9. The number of nitrogens with zero attached hydrogens (tertiary/aromatic N) is 4. The Bertz CT molecular complexity index is 561. The van der Waals surface area contributed by atoms with Crippen LogP contribution in [0.25, 0.3) is 0 Å². The van der Waals surface area contributed by atoms with Crippen LogP contribution in [0.1, 0.15) is 37.0 Å². The van der Waals surface area contributed by atoms with Gasteiger partial charge in [0.1, 0.15) is 6.10 Å². The summed E-state index contributed by atoms with van der Waals surface area (Å²) in [5.41, 5.74) is 2.48. The lowest BCUT2D eigenvalue weighted by molar-refractivity contribution is 0.166. The predicted octanol–water partition coefficient (Wildman–Crippen LogP) is 2.36. The molecular weight excluding hydrogens is 264 g/mol. The molecule has 0 aliphatic carbocycles. The number of aliphatic hydroxyl groups excluding tert-OH is 1. The van der Waals surface area contributed by atoms with Gasteiger partial charge in [0.2, 0.25) is 0 Å². The molecular formula is C13H19ClN4O. The number of imidazole rings is 1. The minimum Gasteiger partial charge on any atom is -0.386 e. The van der Waals surface area contributed by atoms with Crippen LogP contribution in [0, 0.1) is 6.92 Å². The van der Waals surface area contributed by atoms with E-state index >= 15 is 0 Å². The van der Waals surface area contributed by atoms with E-state index in [0.717, 1.165) is 30.2 Å². The number of aromatic nitrogens is 4. The van der Waals surface area contributed by atoms with E-state index in [-0.39, 0.29) is 0 Å². The van der Waals surface area contributed by atoms with Crippen LogP contribution >= 0.6 is 11.6 Å². The number of rotatable bonds is 5. The maximum atomic E-state index is 10.4. The molecule has 0 aromatic carbocycles. The average molecular weight is 283 g/mol. The minimum atomic E-state index is -0.624. The van der Waals surface area contributed by atoms with Gasteiger partial charge in [-0.3, -0.25) is 4.68 Å². The lowest BCUT2D eigenvalue weighted by atomic mass is 10.1. The van der Waals surface area contributed by atoms with Gasteiger partial charge in [0.05, 0.1) is 34.6 Å². The van der Waals surface area contributed by atoms with Crippen molar-refractivity contribution in [1.29, 1.82) is 0 Å². The molecule has 0 amide bonds. The molecule has 0 saturated heterocycles. The molecule has 0 aliphatic heterocycles. The Hall–Kier alpha value is -1.33. The van der Waals surface area contributed by atoms with Gasteiger partial charge in [-0.2, -0.15) is 5.10 Å². The second kappa shape index (κ2) is 5.75. The second-order valence-corrected chi connectivity index (χ2v) is 4.86. The molecule has 2 heterocycles. The standard InChI is InChI=1S/C13H19ClN4O/c1-4-17-8-15-7-11(17)12(19)6-10-13(14)9(3)16-18(10)5-2/h7-8,12,19H,4-6H2,1-3H3. The lowest BCUT2D eigenvalue weighted by Gasteiger charge is -2.13. The van der Waals surface area contributed by atoms with E-state index in [4.69, 9.17) is 11.6 Å². The van der Waals surface area contributed by atoms with Gasteiger partial charge >= 0.3 is 0 Å². The van der Waals surface area contributed by atoms with Crippen molar-refractivity contribution >= 4 is 11.6 Å². The molecule has 1 atom stereocenters. The molecule has 6 heteroatoms. The fraction of sp³-hybridized carbons (Fsp3) is 0.538. The van der Waals surface area contributed by atoms with E-state index in [9.17, 15) is 5.11 Å². The molecule has 19 heavy (non-hydrogen) atoms. The molecule has 1 unspecified atom stereocenters. The maximum Gasteiger partial charge on any atom is 0.101 e. The number of halogens is 1. The van der Waals surface area contributed by atoms with Crippen LogP contribution in [-0.4, -0.2) is 24.4 Å². The molecule has 2 rings (SSSR count). The highest BCUT2D eigenvalue weighted by atomic mass is 35.5. The van der Waals surface area contributed by atoms with E-state index in [1.165, 1.54) is 0 Å². The summed E-state index contributed by atoms with van der Waals surface area (Å²) < 4.78 is 3.77. The van der Waals surface area contributed by atoms with Crippen LogP contribution < -0.4 is 0 Å². The summed E-state index contributed by atoms with van der Waals surface area (Å²) in [6, 6.07) is 0. The number of aliphatic hydroxyl groups is 1. The van der Waals surface area contributed by atoms with Crippen LogP contribution in [-0.2, 0) is 19.5 Å². The smallest absolute Gasteiger partial charge is 0.101 e. The van der Waals surface area contributed by atoms with Crippen LogP contribution in [0.2, 0.25) is 5.02 Å². The molecule has 2 aromatic rings. The first-order chi connectivity index (χ1) is 9.08. The first kappa shape index (κ1) is 14.1. The fourth-order valence-electron chi connectivity index (χ4n) is 2.22. The van der Waals surface area contributed by atoms with Crippen LogP contribution in [0.15, 0.2) is 12.5 Å². The fourth-order valence-corrected chi connectivity index (χ4v) is 2.44. The lowest BCUT2D eigenvalue weighted by Crippen LogP contribution is -2.12. The Morgan fingerprint density at radius 3 is 2.74 bits per heavy atom. The van der Waals surface area contributed by atoms with Crippen molar-refractivity contribution in [2.75, 3.05) is 0 Å². The third kappa shape index (κ3) is 2.67. The molecule has 104 valence electrons. The molecule has 5 nitrogen and oxygen atoms in total. The summed E-state index contributed by atoms with van der Waals surface area (Å²) >= 11 is 6.25. The van der Waals surface area contributed by atoms with E-state index in [0.29, 0.717) is 11.4 Å². The SMILES string of the molecule is CCn1cncc1C(O)Cc1c(Cl)c(C)nn1CC. The summed E-state index contributed by atoms with van der Waals surface area (Å²) in [6.45, 7) is 7.43. The third-order valence-electron chi connectivity index (χ3n) is 3.27. The highest BCUT2D eigenvalue weighted by molar-refractivity contribution is 6.31. The molecule has 2 aromatic heterocycles. The van der Waals surface area contributed by atoms with Crippen molar-refractivity contribution in [3.05, 3.63) is 34.6 Å². The highest BCUT2D eigenvalue weighted by Crippen LogP contribution is 2.26. The van der Waals surface area contributed by atoms with Crippen molar-refractivity contribution in [1.82, 2.24) is 19.3 Å². The molecule has 0 fully saturated rings. The monoisotopic (exact) mass is 282 g/mol. The maximum absolute atomic E-state index is 10.4. The van der Waals surface area contributed by atoms with Crippen LogP contribution in [0.4, 0.5) is 0 Å². The van der Waals surface area contributed by atoms with Crippen molar-refractivity contribution in [2.45, 2.75) is 46.4 Å². The van der Waals surface area contributed by atoms with Gasteiger partial charge in [-0.25, -0.2) is 4.98 Å². The summed E-state index contributed by atoms with van der Waals surface area (Å²) in [7, 11) is 0. The Morgan fingerprint density at radius 1 is 1.37 bits per heavy atom. The molecule has 0 spiro atoms. The topological polar surface area (TPSA) is 55.9 Å². The molecule has 1 N–H and O–H groups in total.